The third-order valence-corrected chi connectivity index (χ3v) is 3.64. The predicted octanol–water partition coefficient (Wildman–Crippen LogP) is 2.64. The van der Waals surface area contributed by atoms with Crippen LogP contribution in [0.2, 0.25) is 0 Å². The molecule has 0 aliphatic heterocycles. The first kappa shape index (κ1) is 17.6. The maximum atomic E-state index is 12.5. The molecule has 0 unspecified atom stereocenters. The Morgan fingerprint density at radius 2 is 1.29 bits per heavy atom. The summed E-state index contributed by atoms with van der Waals surface area (Å²) < 4.78 is 20.7. The van der Waals surface area contributed by atoms with E-state index in [0.717, 1.165) is 0 Å². The SMILES string of the molecule is COc1ccc(C(=O)[C@H](O)c2ccc(OC)c(OC)c2)cc1OC. The predicted molar refractivity (Wildman–Crippen MR) is 88.4 cm³/mol. The van der Waals surface area contributed by atoms with E-state index in [2.05, 4.69) is 0 Å². The Balaban J connectivity index is 2.32. The van der Waals surface area contributed by atoms with Gasteiger partial charge >= 0.3 is 0 Å². The molecule has 0 saturated heterocycles. The number of ketones is 1. The number of carbonyl (C=O) groups is 1. The Labute approximate surface area is 140 Å². The number of Topliss-reactive ketones (excluding diaryl/α,β-unsaturated/α-hetero) is 1. The van der Waals surface area contributed by atoms with Gasteiger partial charge in [0.15, 0.2) is 28.8 Å². The van der Waals surface area contributed by atoms with Crippen molar-refractivity contribution in [2.24, 2.45) is 0 Å². The van der Waals surface area contributed by atoms with Crippen LogP contribution in [0.4, 0.5) is 0 Å². The maximum absolute atomic E-state index is 12.5. The molecule has 0 bridgehead atoms. The summed E-state index contributed by atoms with van der Waals surface area (Å²) >= 11 is 0. The average molecular weight is 332 g/mol. The van der Waals surface area contributed by atoms with Gasteiger partial charge in [-0.25, -0.2) is 0 Å². The monoisotopic (exact) mass is 332 g/mol. The van der Waals surface area contributed by atoms with Gasteiger partial charge in [0.1, 0.15) is 6.10 Å². The number of carbonyl (C=O) groups excluding carboxylic acids is 1. The smallest absolute Gasteiger partial charge is 0.195 e. The topological polar surface area (TPSA) is 74.2 Å². The zero-order valence-electron chi connectivity index (χ0n) is 14.0. The van der Waals surface area contributed by atoms with E-state index in [9.17, 15) is 9.90 Å². The van der Waals surface area contributed by atoms with Gasteiger partial charge in [0.25, 0.3) is 0 Å². The van der Waals surface area contributed by atoms with Crippen molar-refractivity contribution in [3.05, 3.63) is 47.5 Å². The highest BCUT2D eigenvalue weighted by Gasteiger charge is 2.22. The Bertz CT molecular complexity index is 725. The zero-order chi connectivity index (χ0) is 17.7. The highest BCUT2D eigenvalue weighted by Crippen LogP contribution is 2.33. The summed E-state index contributed by atoms with van der Waals surface area (Å²) in [5, 5.41) is 10.4. The second kappa shape index (κ2) is 7.70. The van der Waals surface area contributed by atoms with Crippen LogP contribution in [0.1, 0.15) is 22.0 Å². The molecule has 0 amide bonds. The molecule has 0 radical (unpaired) electrons. The van der Waals surface area contributed by atoms with Gasteiger partial charge < -0.3 is 24.1 Å². The van der Waals surface area contributed by atoms with Gasteiger partial charge in [-0.3, -0.25) is 4.79 Å². The molecule has 6 heteroatoms. The number of hydrogen-bond donors (Lipinski definition) is 1. The van der Waals surface area contributed by atoms with Gasteiger partial charge in [0, 0.05) is 5.56 Å². The lowest BCUT2D eigenvalue weighted by Gasteiger charge is -2.14. The van der Waals surface area contributed by atoms with Crippen LogP contribution in [0.3, 0.4) is 0 Å². The van der Waals surface area contributed by atoms with Crippen LogP contribution in [0.15, 0.2) is 36.4 Å². The molecular formula is C18H20O6. The third kappa shape index (κ3) is 3.44. The summed E-state index contributed by atoms with van der Waals surface area (Å²) in [4.78, 5) is 12.5. The Hall–Kier alpha value is -2.73. The number of benzene rings is 2. The Morgan fingerprint density at radius 1 is 0.792 bits per heavy atom. The van der Waals surface area contributed by atoms with E-state index in [1.165, 1.54) is 34.5 Å². The van der Waals surface area contributed by atoms with E-state index in [1.807, 2.05) is 0 Å². The number of aliphatic hydroxyl groups excluding tert-OH is 1. The summed E-state index contributed by atoms with van der Waals surface area (Å²) in [6, 6.07) is 9.55. The molecule has 24 heavy (non-hydrogen) atoms. The molecule has 0 fully saturated rings. The quantitative estimate of drug-likeness (QED) is 0.786. The van der Waals surface area contributed by atoms with Gasteiger partial charge in [-0.15, -0.1) is 0 Å². The van der Waals surface area contributed by atoms with Gasteiger partial charge in [-0.05, 0) is 35.9 Å². The minimum atomic E-state index is -1.33. The molecular weight excluding hydrogens is 312 g/mol. The molecule has 0 aromatic heterocycles. The fraction of sp³-hybridized carbons (Fsp3) is 0.278. The highest BCUT2D eigenvalue weighted by molar-refractivity contribution is 6.00. The lowest BCUT2D eigenvalue weighted by atomic mass is 9.99. The number of rotatable bonds is 7. The van der Waals surface area contributed by atoms with E-state index in [-0.39, 0.29) is 0 Å². The van der Waals surface area contributed by atoms with Crippen molar-refractivity contribution in [3.63, 3.8) is 0 Å². The van der Waals surface area contributed by atoms with E-state index in [0.29, 0.717) is 34.1 Å². The van der Waals surface area contributed by atoms with Crippen molar-refractivity contribution < 1.29 is 28.8 Å². The van der Waals surface area contributed by atoms with Gasteiger partial charge in [-0.1, -0.05) is 6.07 Å². The normalized spacial score (nSPS) is 11.5. The Kier molecular flexibility index (Phi) is 5.65. The lowest BCUT2D eigenvalue weighted by Crippen LogP contribution is -2.13. The fourth-order valence-electron chi connectivity index (χ4n) is 2.32. The fourth-order valence-corrected chi connectivity index (χ4v) is 2.32. The van der Waals surface area contributed by atoms with Crippen molar-refractivity contribution in [2.45, 2.75) is 6.10 Å². The molecule has 0 heterocycles. The maximum Gasteiger partial charge on any atom is 0.195 e. The highest BCUT2D eigenvalue weighted by atomic mass is 16.5. The molecule has 1 N–H and O–H groups in total. The number of ether oxygens (including phenoxy) is 4. The van der Waals surface area contributed by atoms with E-state index in [4.69, 9.17) is 18.9 Å². The molecule has 2 aromatic carbocycles. The van der Waals surface area contributed by atoms with Crippen molar-refractivity contribution in [3.8, 4) is 23.0 Å². The van der Waals surface area contributed by atoms with Crippen LogP contribution < -0.4 is 18.9 Å². The molecule has 0 aliphatic carbocycles. The van der Waals surface area contributed by atoms with Crippen molar-refractivity contribution in [1.82, 2.24) is 0 Å². The number of hydrogen-bond acceptors (Lipinski definition) is 6. The summed E-state index contributed by atoms with van der Waals surface area (Å²) in [6.45, 7) is 0. The molecule has 2 rings (SSSR count). The van der Waals surface area contributed by atoms with Crippen molar-refractivity contribution in [1.29, 1.82) is 0 Å². The summed E-state index contributed by atoms with van der Waals surface area (Å²) in [5.41, 5.74) is 0.724. The van der Waals surface area contributed by atoms with Crippen molar-refractivity contribution in [2.75, 3.05) is 28.4 Å². The summed E-state index contributed by atoms with van der Waals surface area (Å²) in [7, 11) is 6.00. The van der Waals surface area contributed by atoms with Crippen LogP contribution in [0.5, 0.6) is 23.0 Å². The first-order chi connectivity index (χ1) is 11.5. The van der Waals surface area contributed by atoms with Gasteiger partial charge in [-0.2, -0.15) is 0 Å². The second-order valence-corrected chi connectivity index (χ2v) is 4.95. The molecule has 2 aromatic rings. The number of methoxy groups -OCH3 is 4. The second-order valence-electron chi connectivity index (χ2n) is 4.95. The van der Waals surface area contributed by atoms with Gasteiger partial charge in [0.2, 0.25) is 0 Å². The van der Waals surface area contributed by atoms with Crippen LogP contribution in [-0.2, 0) is 0 Å². The van der Waals surface area contributed by atoms with Crippen LogP contribution in [0.25, 0.3) is 0 Å². The standard InChI is InChI=1S/C18H20O6/c1-21-13-7-5-11(9-15(13)23-3)17(19)18(20)12-6-8-14(22-2)16(10-12)24-4/h5-10,17,19H,1-4H3/t17-/m1/s1. The van der Waals surface area contributed by atoms with E-state index >= 15 is 0 Å². The van der Waals surface area contributed by atoms with Crippen LogP contribution in [0, 0.1) is 0 Å². The summed E-state index contributed by atoms with van der Waals surface area (Å²) in [6.07, 6.45) is -1.33. The molecule has 6 nitrogen and oxygen atoms in total. The van der Waals surface area contributed by atoms with Crippen LogP contribution in [-0.4, -0.2) is 39.3 Å². The Morgan fingerprint density at radius 3 is 1.83 bits per heavy atom. The summed E-state index contributed by atoms with van der Waals surface area (Å²) in [5.74, 6) is 1.43. The molecule has 0 saturated carbocycles. The lowest BCUT2D eigenvalue weighted by molar-refractivity contribution is 0.0746. The first-order valence-corrected chi connectivity index (χ1v) is 7.22. The minimum absolute atomic E-state index is 0.315. The molecule has 128 valence electrons. The first-order valence-electron chi connectivity index (χ1n) is 7.22. The average Bonchev–Trinajstić information content (AvgIpc) is 2.65. The van der Waals surface area contributed by atoms with Crippen LogP contribution >= 0.6 is 0 Å². The molecule has 1 atom stereocenters. The molecule has 0 aliphatic rings. The van der Waals surface area contributed by atoms with Crippen molar-refractivity contribution >= 4 is 5.78 Å². The third-order valence-electron chi connectivity index (χ3n) is 3.64. The zero-order valence-corrected chi connectivity index (χ0v) is 14.0. The molecule has 0 spiro atoms. The number of aliphatic hydroxyl groups is 1. The minimum Gasteiger partial charge on any atom is -0.493 e. The largest absolute Gasteiger partial charge is 0.493 e. The van der Waals surface area contributed by atoms with E-state index < -0.39 is 11.9 Å². The van der Waals surface area contributed by atoms with Gasteiger partial charge in [0.05, 0.1) is 28.4 Å². The van der Waals surface area contributed by atoms with E-state index in [1.54, 1.807) is 30.3 Å².